The van der Waals surface area contributed by atoms with E-state index in [0.29, 0.717) is 36.8 Å². The van der Waals surface area contributed by atoms with Crippen molar-refractivity contribution in [1.29, 1.82) is 0 Å². The van der Waals surface area contributed by atoms with Crippen LogP contribution in [0.2, 0.25) is 0 Å². The SMILES string of the molecule is Cc1ccc(F)c(-c2cc(NC(=O)C3COCCN3C)n[nH]2)c1. The summed E-state index contributed by atoms with van der Waals surface area (Å²) in [6.45, 7) is 3.57. The summed E-state index contributed by atoms with van der Waals surface area (Å²) in [5.41, 5.74) is 1.90. The van der Waals surface area contributed by atoms with E-state index in [0.717, 1.165) is 5.56 Å². The van der Waals surface area contributed by atoms with Gasteiger partial charge in [0.1, 0.15) is 11.9 Å². The number of likely N-dealkylation sites (N-methyl/N-ethyl adjacent to an activating group) is 1. The number of carbonyl (C=O) groups excluding carboxylic acids is 1. The van der Waals surface area contributed by atoms with Gasteiger partial charge in [0, 0.05) is 18.2 Å². The highest BCUT2D eigenvalue weighted by molar-refractivity contribution is 5.94. The number of morpholine rings is 1. The number of halogens is 1. The standard InChI is InChI=1S/C16H19FN4O2/c1-10-3-4-12(17)11(7-10)13-8-15(20-19-13)18-16(22)14-9-23-6-5-21(14)2/h3-4,7-8,14H,5-6,9H2,1-2H3,(H2,18,19,20,22). The highest BCUT2D eigenvalue weighted by Crippen LogP contribution is 2.24. The predicted molar refractivity (Wildman–Crippen MR) is 84.6 cm³/mol. The molecular formula is C16H19FN4O2. The molecule has 7 heteroatoms. The molecular weight excluding hydrogens is 299 g/mol. The summed E-state index contributed by atoms with van der Waals surface area (Å²) in [4.78, 5) is 14.2. The summed E-state index contributed by atoms with van der Waals surface area (Å²) in [6, 6.07) is 6.13. The lowest BCUT2D eigenvalue weighted by Crippen LogP contribution is -2.49. The monoisotopic (exact) mass is 318 g/mol. The fourth-order valence-corrected chi connectivity index (χ4v) is 2.54. The van der Waals surface area contributed by atoms with Crippen LogP contribution in [-0.4, -0.2) is 53.9 Å². The molecule has 0 aliphatic carbocycles. The van der Waals surface area contributed by atoms with E-state index in [-0.39, 0.29) is 17.8 Å². The van der Waals surface area contributed by atoms with E-state index >= 15 is 0 Å². The number of anilines is 1. The maximum Gasteiger partial charge on any atom is 0.245 e. The van der Waals surface area contributed by atoms with Gasteiger partial charge in [0.2, 0.25) is 5.91 Å². The van der Waals surface area contributed by atoms with Gasteiger partial charge < -0.3 is 10.1 Å². The Hall–Kier alpha value is -2.25. The van der Waals surface area contributed by atoms with Crippen molar-refractivity contribution >= 4 is 11.7 Å². The lowest BCUT2D eigenvalue weighted by Gasteiger charge is -2.30. The fourth-order valence-electron chi connectivity index (χ4n) is 2.54. The fraction of sp³-hybridized carbons (Fsp3) is 0.375. The normalized spacial score (nSPS) is 18.8. The number of amides is 1. The first-order valence-electron chi connectivity index (χ1n) is 7.45. The van der Waals surface area contributed by atoms with Gasteiger partial charge in [-0.25, -0.2) is 4.39 Å². The van der Waals surface area contributed by atoms with Gasteiger partial charge in [0.25, 0.3) is 0 Å². The van der Waals surface area contributed by atoms with E-state index in [9.17, 15) is 9.18 Å². The smallest absolute Gasteiger partial charge is 0.245 e. The second kappa shape index (κ2) is 6.47. The molecule has 1 amide bonds. The van der Waals surface area contributed by atoms with E-state index in [1.165, 1.54) is 6.07 Å². The molecule has 1 aromatic carbocycles. The summed E-state index contributed by atoms with van der Waals surface area (Å²) in [5.74, 6) is -0.155. The number of hydrogen-bond donors (Lipinski definition) is 2. The molecule has 0 bridgehead atoms. The van der Waals surface area contributed by atoms with E-state index in [1.54, 1.807) is 18.2 Å². The zero-order valence-corrected chi connectivity index (χ0v) is 13.1. The molecule has 2 aromatic rings. The second-order valence-corrected chi connectivity index (χ2v) is 5.71. The van der Waals surface area contributed by atoms with Crippen LogP contribution in [0.15, 0.2) is 24.3 Å². The molecule has 0 saturated carbocycles. The summed E-state index contributed by atoms with van der Waals surface area (Å²) >= 11 is 0. The van der Waals surface area contributed by atoms with Crippen LogP contribution in [-0.2, 0) is 9.53 Å². The number of nitrogens with one attached hydrogen (secondary N) is 2. The molecule has 3 rings (SSSR count). The molecule has 1 atom stereocenters. The molecule has 2 N–H and O–H groups in total. The molecule has 1 aliphatic heterocycles. The molecule has 1 aliphatic rings. The van der Waals surface area contributed by atoms with Gasteiger partial charge in [-0.2, -0.15) is 5.10 Å². The van der Waals surface area contributed by atoms with Crippen molar-refractivity contribution in [3.05, 3.63) is 35.6 Å². The van der Waals surface area contributed by atoms with Crippen LogP contribution in [0.5, 0.6) is 0 Å². The number of rotatable bonds is 3. The summed E-state index contributed by atoms with van der Waals surface area (Å²) in [7, 11) is 1.88. The lowest BCUT2D eigenvalue weighted by molar-refractivity contribution is -0.126. The Balaban J connectivity index is 1.74. The third kappa shape index (κ3) is 3.40. The van der Waals surface area contributed by atoms with Crippen LogP contribution < -0.4 is 5.32 Å². The number of H-pyrrole nitrogens is 1. The number of nitrogens with zero attached hydrogens (tertiary/aromatic N) is 2. The van der Waals surface area contributed by atoms with Crippen molar-refractivity contribution in [2.24, 2.45) is 0 Å². The Morgan fingerprint density at radius 3 is 3.09 bits per heavy atom. The average Bonchev–Trinajstić information content (AvgIpc) is 2.98. The molecule has 23 heavy (non-hydrogen) atoms. The first kappa shape index (κ1) is 15.6. The van der Waals surface area contributed by atoms with E-state index in [1.807, 2.05) is 18.9 Å². The highest BCUT2D eigenvalue weighted by Gasteiger charge is 2.27. The maximum atomic E-state index is 13.9. The van der Waals surface area contributed by atoms with Crippen LogP contribution >= 0.6 is 0 Å². The molecule has 122 valence electrons. The third-order valence-electron chi connectivity index (χ3n) is 3.94. The average molecular weight is 318 g/mol. The summed E-state index contributed by atoms with van der Waals surface area (Å²) in [5, 5.41) is 9.54. The van der Waals surface area contributed by atoms with Gasteiger partial charge in [0.05, 0.1) is 18.9 Å². The van der Waals surface area contributed by atoms with Crippen molar-refractivity contribution in [2.75, 3.05) is 32.1 Å². The quantitative estimate of drug-likeness (QED) is 0.905. The third-order valence-corrected chi connectivity index (χ3v) is 3.94. The van der Waals surface area contributed by atoms with Crippen LogP contribution in [0.1, 0.15) is 5.56 Å². The number of hydrogen-bond acceptors (Lipinski definition) is 4. The second-order valence-electron chi connectivity index (χ2n) is 5.71. The number of carbonyl (C=O) groups is 1. The zero-order chi connectivity index (χ0) is 16.4. The largest absolute Gasteiger partial charge is 0.378 e. The predicted octanol–water partition coefficient (Wildman–Crippen LogP) is 1.79. The molecule has 0 radical (unpaired) electrons. The molecule has 1 fully saturated rings. The summed E-state index contributed by atoms with van der Waals surface area (Å²) < 4.78 is 19.2. The minimum absolute atomic E-state index is 0.185. The van der Waals surface area contributed by atoms with Crippen molar-refractivity contribution < 1.29 is 13.9 Å². The van der Waals surface area contributed by atoms with Crippen molar-refractivity contribution in [3.63, 3.8) is 0 Å². The first-order valence-corrected chi connectivity index (χ1v) is 7.45. The Kier molecular flexibility index (Phi) is 4.40. The van der Waals surface area contributed by atoms with Crippen LogP contribution in [0, 0.1) is 12.7 Å². The number of aryl methyl sites for hydroxylation is 1. The van der Waals surface area contributed by atoms with Crippen LogP contribution in [0.3, 0.4) is 0 Å². The van der Waals surface area contributed by atoms with Crippen LogP contribution in [0.4, 0.5) is 10.2 Å². The Labute approximate surface area is 133 Å². The van der Waals surface area contributed by atoms with Crippen molar-refractivity contribution in [3.8, 4) is 11.3 Å². The number of ether oxygens (including phenoxy) is 1. The van der Waals surface area contributed by atoms with Gasteiger partial charge in [-0.15, -0.1) is 0 Å². The van der Waals surface area contributed by atoms with E-state index < -0.39 is 0 Å². The summed E-state index contributed by atoms with van der Waals surface area (Å²) in [6.07, 6.45) is 0. The zero-order valence-electron chi connectivity index (χ0n) is 13.1. The van der Waals surface area contributed by atoms with Gasteiger partial charge in [-0.05, 0) is 26.1 Å². The number of benzene rings is 1. The van der Waals surface area contributed by atoms with Crippen molar-refractivity contribution in [2.45, 2.75) is 13.0 Å². The lowest BCUT2D eigenvalue weighted by atomic mass is 10.1. The minimum Gasteiger partial charge on any atom is -0.378 e. The first-order chi connectivity index (χ1) is 11.0. The Bertz CT molecular complexity index is 716. The highest BCUT2D eigenvalue weighted by atomic mass is 19.1. The topological polar surface area (TPSA) is 70.2 Å². The van der Waals surface area contributed by atoms with E-state index in [2.05, 4.69) is 15.5 Å². The number of aromatic nitrogens is 2. The minimum atomic E-state index is -0.348. The van der Waals surface area contributed by atoms with E-state index in [4.69, 9.17) is 4.74 Å². The maximum absolute atomic E-state index is 13.9. The Morgan fingerprint density at radius 1 is 1.48 bits per heavy atom. The van der Waals surface area contributed by atoms with Gasteiger partial charge in [-0.3, -0.25) is 14.8 Å². The molecule has 1 aromatic heterocycles. The molecule has 1 unspecified atom stereocenters. The van der Waals surface area contributed by atoms with Gasteiger partial charge in [0.15, 0.2) is 5.82 Å². The molecule has 2 heterocycles. The van der Waals surface area contributed by atoms with Gasteiger partial charge >= 0.3 is 0 Å². The van der Waals surface area contributed by atoms with Crippen LogP contribution in [0.25, 0.3) is 11.3 Å². The van der Waals surface area contributed by atoms with Crippen molar-refractivity contribution in [1.82, 2.24) is 15.1 Å². The van der Waals surface area contributed by atoms with Gasteiger partial charge in [-0.1, -0.05) is 11.6 Å². The molecule has 1 saturated heterocycles. The molecule has 6 nitrogen and oxygen atoms in total. The molecule has 0 spiro atoms. The number of aromatic amines is 1. The Morgan fingerprint density at radius 2 is 2.30 bits per heavy atom.